The molecular formula is C8H6N2S2. The van der Waals surface area contributed by atoms with Crippen LogP contribution in [0, 0.1) is 4.64 Å². The molecule has 0 aromatic carbocycles. The summed E-state index contributed by atoms with van der Waals surface area (Å²) >= 11 is 6.61. The van der Waals surface area contributed by atoms with Crippen molar-refractivity contribution in [3.05, 3.63) is 34.5 Å². The van der Waals surface area contributed by atoms with Gasteiger partial charge in [-0.2, -0.15) is 0 Å². The predicted molar refractivity (Wildman–Crippen MR) is 52.7 cm³/mol. The summed E-state index contributed by atoms with van der Waals surface area (Å²) in [6.45, 7) is 0. The van der Waals surface area contributed by atoms with Crippen molar-refractivity contribution in [2.24, 2.45) is 0 Å². The minimum absolute atomic E-state index is 0.739. The van der Waals surface area contributed by atoms with Crippen molar-refractivity contribution in [3.63, 3.8) is 0 Å². The van der Waals surface area contributed by atoms with Gasteiger partial charge in [-0.3, -0.25) is 0 Å². The first-order valence-electron chi connectivity index (χ1n) is 3.45. The normalized spacial score (nSPS) is 10.0. The Kier molecular flexibility index (Phi) is 2.01. The fraction of sp³-hybridized carbons (Fsp3) is 0. The molecule has 60 valence electrons. The van der Waals surface area contributed by atoms with Crippen molar-refractivity contribution in [2.45, 2.75) is 0 Å². The van der Waals surface area contributed by atoms with Crippen LogP contribution in [-0.4, -0.2) is 9.97 Å². The van der Waals surface area contributed by atoms with Crippen LogP contribution in [0.15, 0.2) is 29.9 Å². The molecule has 0 aliphatic carbocycles. The molecule has 0 atom stereocenters. The van der Waals surface area contributed by atoms with Gasteiger partial charge in [0, 0.05) is 23.3 Å². The highest BCUT2D eigenvalue weighted by Gasteiger charge is 1.97. The highest BCUT2D eigenvalue weighted by molar-refractivity contribution is 7.71. The van der Waals surface area contributed by atoms with E-state index in [0.717, 1.165) is 15.2 Å². The molecule has 0 spiro atoms. The summed E-state index contributed by atoms with van der Waals surface area (Å²) in [5, 5.41) is 2.96. The zero-order valence-corrected chi connectivity index (χ0v) is 7.78. The van der Waals surface area contributed by atoms with Crippen molar-refractivity contribution >= 4 is 23.6 Å². The van der Waals surface area contributed by atoms with Gasteiger partial charge in [-0.1, -0.05) is 12.2 Å². The highest BCUT2D eigenvalue weighted by Crippen LogP contribution is 2.20. The smallest absolute Gasteiger partial charge is 0.123 e. The number of thiazole rings is 1. The Morgan fingerprint density at radius 1 is 1.50 bits per heavy atom. The van der Waals surface area contributed by atoms with Crippen LogP contribution in [0.2, 0.25) is 0 Å². The van der Waals surface area contributed by atoms with E-state index in [9.17, 15) is 0 Å². The van der Waals surface area contributed by atoms with E-state index >= 15 is 0 Å². The summed E-state index contributed by atoms with van der Waals surface area (Å²) in [6.07, 6.45) is 3.62. The van der Waals surface area contributed by atoms with Crippen LogP contribution in [0.3, 0.4) is 0 Å². The number of pyridine rings is 1. The number of hydrogen-bond donors (Lipinski definition) is 1. The molecule has 0 saturated carbocycles. The molecule has 2 aromatic rings. The first-order valence-corrected chi connectivity index (χ1v) is 4.74. The number of aromatic amines is 1. The van der Waals surface area contributed by atoms with Crippen LogP contribution in [0.25, 0.3) is 10.6 Å². The van der Waals surface area contributed by atoms with E-state index in [1.54, 1.807) is 17.5 Å². The second-order valence-corrected chi connectivity index (χ2v) is 3.61. The molecule has 0 unspecified atom stereocenters. The Morgan fingerprint density at radius 2 is 2.42 bits per heavy atom. The minimum atomic E-state index is 0.739. The lowest BCUT2D eigenvalue weighted by atomic mass is 10.3. The number of nitrogens with one attached hydrogen (secondary N) is 1. The SMILES string of the molecule is S=c1cc(-c2nccs2)cc[nH]1. The largest absolute Gasteiger partial charge is 0.353 e. The van der Waals surface area contributed by atoms with Crippen LogP contribution in [-0.2, 0) is 0 Å². The number of aromatic nitrogens is 2. The molecule has 0 fully saturated rings. The highest BCUT2D eigenvalue weighted by atomic mass is 32.1. The van der Waals surface area contributed by atoms with Crippen LogP contribution in [0.5, 0.6) is 0 Å². The summed E-state index contributed by atoms with van der Waals surface area (Å²) in [5.41, 5.74) is 1.08. The summed E-state index contributed by atoms with van der Waals surface area (Å²) < 4.78 is 0.739. The molecule has 2 rings (SSSR count). The topological polar surface area (TPSA) is 28.7 Å². The first-order chi connectivity index (χ1) is 5.86. The molecule has 1 N–H and O–H groups in total. The van der Waals surface area contributed by atoms with Gasteiger partial charge in [0.15, 0.2) is 0 Å². The van der Waals surface area contributed by atoms with E-state index in [1.807, 2.05) is 23.7 Å². The minimum Gasteiger partial charge on any atom is -0.353 e. The van der Waals surface area contributed by atoms with E-state index in [1.165, 1.54) is 0 Å². The van der Waals surface area contributed by atoms with Gasteiger partial charge < -0.3 is 4.98 Å². The lowest BCUT2D eigenvalue weighted by Crippen LogP contribution is -1.77. The quantitative estimate of drug-likeness (QED) is 0.707. The Balaban J connectivity index is 2.55. The lowest BCUT2D eigenvalue weighted by Gasteiger charge is -1.93. The maximum absolute atomic E-state index is 4.99. The molecule has 0 saturated heterocycles. The molecule has 0 amide bonds. The van der Waals surface area contributed by atoms with Crippen molar-refractivity contribution in [1.82, 2.24) is 9.97 Å². The Bertz CT molecular complexity index is 417. The van der Waals surface area contributed by atoms with Crippen LogP contribution >= 0.6 is 23.6 Å². The number of hydrogen-bond acceptors (Lipinski definition) is 3. The average Bonchev–Trinajstić information content (AvgIpc) is 2.56. The van der Waals surface area contributed by atoms with E-state index in [-0.39, 0.29) is 0 Å². The third-order valence-electron chi connectivity index (χ3n) is 1.45. The third-order valence-corrected chi connectivity index (χ3v) is 2.51. The van der Waals surface area contributed by atoms with Gasteiger partial charge in [-0.25, -0.2) is 4.98 Å². The molecule has 0 bridgehead atoms. The summed E-state index contributed by atoms with van der Waals surface area (Å²) in [6, 6.07) is 3.88. The van der Waals surface area contributed by atoms with Crippen molar-refractivity contribution in [1.29, 1.82) is 0 Å². The van der Waals surface area contributed by atoms with E-state index in [2.05, 4.69) is 9.97 Å². The molecule has 0 aliphatic heterocycles. The lowest BCUT2D eigenvalue weighted by molar-refractivity contribution is 1.29. The zero-order chi connectivity index (χ0) is 8.39. The summed E-state index contributed by atoms with van der Waals surface area (Å²) in [5.74, 6) is 0. The monoisotopic (exact) mass is 194 g/mol. The van der Waals surface area contributed by atoms with Gasteiger partial charge in [0.2, 0.25) is 0 Å². The number of rotatable bonds is 1. The molecule has 2 heterocycles. The number of H-pyrrole nitrogens is 1. The summed E-state index contributed by atoms with van der Waals surface area (Å²) in [7, 11) is 0. The van der Waals surface area contributed by atoms with Crippen molar-refractivity contribution < 1.29 is 0 Å². The van der Waals surface area contributed by atoms with Crippen molar-refractivity contribution in [3.8, 4) is 10.6 Å². The van der Waals surface area contributed by atoms with Crippen molar-refractivity contribution in [2.75, 3.05) is 0 Å². The predicted octanol–water partition coefficient (Wildman–Crippen LogP) is 2.87. The second-order valence-electron chi connectivity index (χ2n) is 2.28. The van der Waals surface area contributed by atoms with Gasteiger partial charge in [0.25, 0.3) is 0 Å². The third kappa shape index (κ3) is 1.44. The fourth-order valence-corrected chi connectivity index (χ4v) is 1.77. The molecule has 4 heteroatoms. The molecular weight excluding hydrogens is 188 g/mol. The standard InChI is InChI=1S/C8H6N2S2/c11-7-5-6(1-2-9-7)8-10-3-4-12-8/h1-5H,(H,9,11). The Hall–Kier alpha value is -1.00. The Labute approximate surface area is 78.9 Å². The fourth-order valence-electron chi connectivity index (χ4n) is 0.944. The number of nitrogens with zero attached hydrogens (tertiary/aromatic N) is 1. The first kappa shape index (κ1) is 7.64. The van der Waals surface area contributed by atoms with Crippen LogP contribution in [0.4, 0.5) is 0 Å². The summed E-state index contributed by atoms with van der Waals surface area (Å²) in [4.78, 5) is 7.11. The molecule has 2 aromatic heterocycles. The van der Waals surface area contributed by atoms with Gasteiger partial charge in [0.05, 0.1) is 0 Å². The van der Waals surface area contributed by atoms with Gasteiger partial charge in [-0.05, 0) is 12.1 Å². The van der Waals surface area contributed by atoms with Crippen LogP contribution < -0.4 is 0 Å². The second kappa shape index (κ2) is 3.16. The van der Waals surface area contributed by atoms with Gasteiger partial charge in [-0.15, -0.1) is 11.3 Å². The Morgan fingerprint density at radius 3 is 3.08 bits per heavy atom. The van der Waals surface area contributed by atoms with E-state index < -0.39 is 0 Å². The van der Waals surface area contributed by atoms with E-state index in [0.29, 0.717) is 0 Å². The molecule has 12 heavy (non-hydrogen) atoms. The molecule has 0 radical (unpaired) electrons. The average molecular weight is 194 g/mol. The maximum atomic E-state index is 4.99. The molecule has 0 aliphatic rings. The van der Waals surface area contributed by atoms with Gasteiger partial charge in [0.1, 0.15) is 9.65 Å². The van der Waals surface area contributed by atoms with E-state index in [4.69, 9.17) is 12.2 Å². The maximum Gasteiger partial charge on any atom is 0.123 e. The van der Waals surface area contributed by atoms with Gasteiger partial charge >= 0.3 is 0 Å². The molecule has 2 nitrogen and oxygen atoms in total. The van der Waals surface area contributed by atoms with Crippen LogP contribution in [0.1, 0.15) is 0 Å². The zero-order valence-electron chi connectivity index (χ0n) is 6.15.